The van der Waals surface area contributed by atoms with Crippen molar-refractivity contribution in [3.05, 3.63) is 120 Å². The van der Waals surface area contributed by atoms with Gasteiger partial charge in [-0.25, -0.2) is 8.42 Å². The molecule has 7 nitrogen and oxygen atoms in total. The Bertz CT molecular complexity index is 1540. The van der Waals surface area contributed by atoms with E-state index < -0.39 is 15.9 Å². The number of anilines is 2. The molecule has 2 N–H and O–H groups in total. The first kappa shape index (κ1) is 27.9. The van der Waals surface area contributed by atoms with E-state index in [1.165, 1.54) is 23.1 Å². The highest BCUT2D eigenvalue weighted by molar-refractivity contribution is 7.98. The van der Waals surface area contributed by atoms with Gasteiger partial charge in [0.15, 0.2) is 0 Å². The van der Waals surface area contributed by atoms with Gasteiger partial charge in [0.2, 0.25) is 0 Å². The maximum Gasteiger partial charge on any atom is 0.264 e. The lowest BCUT2D eigenvalue weighted by atomic mass is 10.1. The predicted octanol–water partition coefficient (Wildman–Crippen LogP) is 5.46. The normalized spacial score (nSPS) is 11.0. The Morgan fingerprint density at radius 2 is 1.44 bits per heavy atom. The van der Waals surface area contributed by atoms with E-state index in [2.05, 4.69) is 10.6 Å². The average molecular weight is 560 g/mol. The molecule has 0 aromatic heterocycles. The zero-order valence-electron chi connectivity index (χ0n) is 21.6. The van der Waals surface area contributed by atoms with Crippen LogP contribution in [-0.4, -0.2) is 40.1 Å². The zero-order valence-corrected chi connectivity index (χ0v) is 23.3. The van der Waals surface area contributed by atoms with Gasteiger partial charge in [-0.3, -0.25) is 13.9 Å². The number of carbonyl (C=O) groups is 2. The predicted molar refractivity (Wildman–Crippen MR) is 157 cm³/mol. The SMILES string of the molecule is CSc1ccc(S(=O)(=O)N(C)c2ccc(C(=O)Nc3ccccc3C(=O)NCCc3ccccc3)cc2)cc1. The Morgan fingerprint density at radius 1 is 0.795 bits per heavy atom. The number of rotatable bonds is 10. The fourth-order valence-corrected chi connectivity index (χ4v) is 5.52. The molecular formula is C30H29N3O4S2. The average Bonchev–Trinajstić information content (AvgIpc) is 2.97. The number of amides is 2. The third-order valence-electron chi connectivity index (χ3n) is 6.17. The summed E-state index contributed by atoms with van der Waals surface area (Å²) in [6, 6.07) is 29.6. The maximum absolute atomic E-state index is 13.1. The molecule has 9 heteroatoms. The fourth-order valence-electron chi connectivity index (χ4n) is 3.91. The van der Waals surface area contributed by atoms with E-state index in [0.717, 1.165) is 10.5 Å². The van der Waals surface area contributed by atoms with Crippen LogP contribution in [0.1, 0.15) is 26.3 Å². The van der Waals surface area contributed by atoms with E-state index in [0.29, 0.717) is 35.5 Å². The van der Waals surface area contributed by atoms with Crippen molar-refractivity contribution in [3.63, 3.8) is 0 Å². The molecule has 4 aromatic rings. The lowest BCUT2D eigenvalue weighted by Crippen LogP contribution is -2.27. The number of carbonyl (C=O) groups excluding carboxylic acids is 2. The Hall–Kier alpha value is -4.08. The number of benzene rings is 4. The summed E-state index contributed by atoms with van der Waals surface area (Å²) >= 11 is 1.53. The highest BCUT2D eigenvalue weighted by atomic mass is 32.2. The number of thioether (sulfide) groups is 1. The minimum atomic E-state index is -3.76. The fraction of sp³-hybridized carbons (Fsp3) is 0.133. The second kappa shape index (κ2) is 12.6. The van der Waals surface area contributed by atoms with Gasteiger partial charge in [0, 0.05) is 24.1 Å². The third kappa shape index (κ3) is 6.87. The Morgan fingerprint density at radius 3 is 2.10 bits per heavy atom. The van der Waals surface area contributed by atoms with Crippen LogP contribution in [0.25, 0.3) is 0 Å². The number of nitrogens with one attached hydrogen (secondary N) is 2. The summed E-state index contributed by atoms with van der Waals surface area (Å²) in [4.78, 5) is 26.9. The molecule has 0 fully saturated rings. The standard InChI is InChI=1S/C30H29N3O4S2/c1-33(39(36,37)26-18-16-25(38-2)17-19-26)24-14-12-23(13-15-24)29(34)32-28-11-7-6-10-27(28)30(35)31-21-20-22-8-4-3-5-9-22/h3-19H,20-21H2,1-2H3,(H,31,35)(H,32,34). The monoisotopic (exact) mass is 559 g/mol. The number of hydrogen-bond acceptors (Lipinski definition) is 5. The van der Waals surface area contributed by atoms with Crippen LogP contribution in [0.4, 0.5) is 11.4 Å². The summed E-state index contributed by atoms with van der Waals surface area (Å²) in [7, 11) is -2.29. The molecule has 0 aliphatic rings. The van der Waals surface area contributed by atoms with E-state index >= 15 is 0 Å². The van der Waals surface area contributed by atoms with Crippen molar-refractivity contribution in [2.24, 2.45) is 0 Å². The van der Waals surface area contributed by atoms with Crippen molar-refractivity contribution in [2.45, 2.75) is 16.2 Å². The van der Waals surface area contributed by atoms with Gasteiger partial charge in [0.05, 0.1) is 21.8 Å². The molecule has 0 saturated carbocycles. The van der Waals surface area contributed by atoms with E-state index in [1.807, 2.05) is 36.6 Å². The molecule has 2 amide bonds. The van der Waals surface area contributed by atoms with Gasteiger partial charge in [-0.2, -0.15) is 0 Å². The number of nitrogens with zero attached hydrogens (tertiary/aromatic N) is 1. The van der Waals surface area contributed by atoms with Gasteiger partial charge in [0.1, 0.15) is 0 Å². The van der Waals surface area contributed by atoms with E-state index in [4.69, 9.17) is 0 Å². The lowest BCUT2D eigenvalue weighted by Gasteiger charge is -2.20. The van der Waals surface area contributed by atoms with Crippen molar-refractivity contribution < 1.29 is 18.0 Å². The molecule has 0 atom stereocenters. The topological polar surface area (TPSA) is 95.6 Å². The van der Waals surface area contributed by atoms with Crippen molar-refractivity contribution in [1.29, 1.82) is 0 Å². The first-order valence-electron chi connectivity index (χ1n) is 12.2. The summed E-state index contributed by atoms with van der Waals surface area (Å²) in [6.07, 6.45) is 2.62. The Labute approximate surface area is 233 Å². The van der Waals surface area contributed by atoms with Gasteiger partial charge < -0.3 is 10.6 Å². The van der Waals surface area contributed by atoms with Crippen molar-refractivity contribution in [2.75, 3.05) is 29.5 Å². The van der Waals surface area contributed by atoms with Gasteiger partial charge in [-0.05, 0) is 78.9 Å². The molecule has 0 aliphatic carbocycles. The van der Waals surface area contributed by atoms with Crippen LogP contribution < -0.4 is 14.9 Å². The number of para-hydroxylation sites is 1. The highest BCUT2D eigenvalue weighted by Crippen LogP contribution is 2.25. The molecule has 0 heterocycles. The number of hydrogen-bond donors (Lipinski definition) is 2. The summed E-state index contributed by atoms with van der Waals surface area (Å²) < 4.78 is 27.3. The van der Waals surface area contributed by atoms with Gasteiger partial charge in [0.25, 0.3) is 21.8 Å². The van der Waals surface area contributed by atoms with Crippen LogP contribution in [-0.2, 0) is 16.4 Å². The molecule has 0 unspecified atom stereocenters. The first-order valence-corrected chi connectivity index (χ1v) is 14.9. The first-order chi connectivity index (χ1) is 18.8. The molecule has 0 aliphatic heterocycles. The molecule has 0 saturated heterocycles. The molecule has 4 rings (SSSR count). The van der Waals surface area contributed by atoms with Crippen molar-refractivity contribution >= 4 is 45.0 Å². The second-order valence-corrected chi connectivity index (χ2v) is 11.5. The molecule has 39 heavy (non-hydrogen) atoms. The van der Waals surface area contributed by atoms with Gasteiger partial charge >= 0.3 is 0 Å². The minimum absolute atomic E-state index is 0.184. The van der Waals surface area contributed by atoms with Gasteiger partial charge in [-0.15, -0.1) is 11.8 Å². The molecular weight excluding hydrogens is 530 g/mol. The van der Waals surface area contributed by atoms with E-state index in [-0.39, 0.29) is 10.8 Å². The summed E-state index contributed by atoms with van der Waals surface area (Å²) in [5, 5.41) is 5.70. The van der Waals surface area contributed by atoms with Gasteiger partial charge in [-0.1, -0.05) is 42.5 Å². The quantitative estimate of drug-likeness (QED) is 0.252. The number of sulfonamides is 1. The second-order valence-electron chi connectivity index (χ2n) is 8.69. The van der Waals surface area contributed by atoms with Crippen LogP contribution >= 0.6 is 11.8 Å². The van der Waals surface area contributed by atoms with Crippen LogP contribution in [0, 0.1) is 0 Å². The largest absolute Gasteiger partial charge is 0.352 e. The minimum Gasteiger partial charge on any atom is -0.352 e. The molecule has 200 valence electrons. The molecule has 0 radical (unpaired) electrons. The Kier molecular flexibility index (Phi) is 9.06. The Balaban J connectivity index is 1.41. The molecule has 0 bridgehead atoms. The van der Waals surface area contributed by atoms with E-state index in [1.54, 1.807) is 72.8 Å². The maximum atomic E-state index is 13.1. The zero-order chi connectivity index (χ0) is 27.8. The van der Waals surface area contributed by atoms with Crippen molar-refractivity contribution in [1.82, 2.24) is 5.32 Å². The summed E-state index contributed by atoms with van der Waals surface area (Å²) in [5.41, 5.74) is 2.60. The summed E-state index contributed by atoms with van der Waals surface area (Å²) in [6.45, 7) is 0.463. The van der Waals surface area contributed by atoms with Crippen LogP contribution in [0.15, 0.2) is 113 Å². The lowest BCUT2D eigenvalue weighted by molar-refractivity contribution is 0.0955. The van der Waals surface area contributed by atoms with Crippen LogP contribution in [0.5, 0.6) is 0 Å². The smallest absolute Gasteiger partial charge is 0.264 e. The van der Waals surface area contributed by atoms with Crippen LogP contribution in [0.3, 0.4) is 0 Å². The molecule has 0 spiro atoms. The van der Waals surface area contributed by atoms with Crippen molar-refractivity contribution in [3.8, 4) is 0 Å². The highest BCUT2D eigenvalue weighted by Gasteiger charge is 2.22. The summed E-state index contributed by atoms with van der Waals surface area (Å²) in [5.74, 6) is -0.696. The molecule has 4 aromatic carbocycles. The van der Waals surface area contributed by atoms with Crippen LogP contribution in [0.2, 0.25) is 0 Å². The third-order valence-corrected chi connectivity index (χ3v) is 8.72. The van der Waals surface area contributed by atoms with E-state index in [9.17, 15) is 18.0 Å².